The van der Waals surface area contributed by atoms with Crippen LogP contribution in [0.5, 0.6) is 0 Å². The predicted molar refractivity (Wildman–Crippen MR) is 80.7 cm³/mol. The van der Waals surface area contributed by atoms with Crippen LogP contribution in [0.25, 0.3) is 0 Å². The number of carbonyl (C=O) groups is 1. The van der Waals surface area contributed by atoms with Gasteiger partial charge in [0.25, 0.3) is 0 Å². The minimum absolute atomic E-state index is 0.0621. The van der Waals surface area contributed by atoms with E-state index in [1.807, 2.05) is 24.3 Å². The van der Waals surface area contributed by atoms with Gasteiger partial charge in [0.1, 0.15) is 0 Å². The fourth-order valence-electron chi connectivity index (χ4n) is 2.27. The Morgan fingerprint density at radius 2 is 1.95 bits per heavy atom. The number of unbranched alkanes of at least 4 members (excludes halogenated alkanes) is 1. The first-order valence-electron chi connectivity index (χ1n) is 7.53. The molecule has 0 aromatic heterocycles. The average Bonchev–Trinajstić information content (AvgIpc) is 2.43. The van der Waals surface area contributed by atoms with Crippen LogP contribution in [0, 0.1) is 5.92 Å². The van der Waals surface area contributed by atoms with E-state index in [0.717, 1.165) is 24.2 Å². The van der Waals surface area contributed by atoms with Crippen LogP contribution in [0.4, 0.5) is 0 Å². The third-order valence-electron chi connectivity index (χ3n) is 3.61. The van der Waals surface area contributed by atoms with Gasteiger partial charge in [-0.2, -0.15) is 0 Å². The number of ether oxygens (including phenoxy) is 1. The highest BCUT2D eigenvalue weighted by Gasteiger charge is 2.09. The highest BCUT2D eigenvalue weighted by Crippen LogP contribution is 2.15. The Balaban J connectivity index is 2.46. The third-order valence-corrected chi connectivity index (χ3v) is 3.61. The second kappa shape index (κ2) is 9.54. The number of hydrogen-bond acceptors (Lipinski definition) is 2. The zero-order chi connectivity index (χ0) is 14.8. The Morgan fingerprint density at radius 3 is 2.55 bits per heavy atom. The van der Waals surface area contributed by atoms with Gasteiger partial charge in [-0.05, 0) is 23.5 Å². The monoisotopic (exact) mass is 278 g/mol. The quantitative estimate of drug-likeness (QED) is 0.702. The SMILES string of the molecule is CCCCC(CC)COCc1ccccc1CC(=O)O. The maximum absolute atomic E-state index is 10.8. The van der Waals surface area contributed by atoms with E-state index in [2.05, 4.69) is 13.8 Å². The van der Waals surface area contributed by atoms with Crippen molar-refractivity contribution in [1.82, 2.24) is 0 Å². The van der Waals surface area contributed by atoms with Crippen molar-refractivity contribution in [2.24, 2.45) is 5.92 Å². The van der Waals surface area contributed by atoms with Crippen molar-refractivity contribution >= 4 is 5.97 Å². The van der Waals surface area contributed by atoms with Crippen molar-refractivity contribution in [3.63, 3.8) is 0 Å². The predicted octanol–water partition coefficient (Wildman–Crippen LogP) is 4.05. The van der Waals surface area contributed by atoms with Gasteiger partial charge in [-0.25, -0.2) is 0 Å². The lowest BCUT2D eigenvalue weighted by molar-refractivity contribution is -0.136. The molecule has 0 saturated heterocycles. The number of carboxylic acids is 1. The summed E-state index contributed by atoms with van der Waals surface area (Å²) in [5.74, 6) is -0.187. The molecule has 0 aliphatic rings. The van der Waals surface area contributed by atoms with Gasteiger partial charge in [-0.3, -0.25) is 4.79 Å². The number of rotatable bonds is 10. The van der Waals surface area contributed by atoms with Crippen LogP contribution < -0.4 is 0 Å². The van der Waals surface area contributed by atoms with Crippen molar-refractivity contribution in [3.05, 3.63) is 35.4 Å². The molecule has 0 aliphatic carbocycles. The molecule has 0 saturated carbocycles. The van der Waals surface area contributed by atoms with Crippen LogP contribution in [-0.2, 0) is 22.6 Å². The van der Waals surface area contributed by atoms with E-state index in [1.54, 1.807) is 0 Å². The van der Waals surface area contributed by atoms with E-state index in [-0.39, 0.29) is 6.42 Å². The van der Waals surface area contributed by atoms with E-state index in [0.29, 0.717) is 12.5 Å². The summed E-state index contributed by atoms with van der Waals surface area (Å²) in [6.07, 6.45) is 4.88. The van der Waals surface area contributed by atoms with Gasteiger partial charge in [-0.15, -0.1) is 0 Å². The van der Waals surface area contributed by atoms with Gasteiger partial charge in [0.2, 0.25) is 0 Å². The molecule has 0 bridgehead atoms. The fourth-order valence-corrected chi connectivity index (χ4v) is 2.27. The van der Waals surface area contributed by atoms with E-state index < -0.39 is 5.97 Å². The Hall–Kier alpha value is -1.35. The molecule has 0 aliphatic heterocycles. The van der Waals surface area contributed by atoms with E-state index in [4.69, 9.17) is 9.84 Å². The Kier molecular flexibility index (Phi) is 7.97. The average molecular weight is 278 g/mol. The summed E-state index contributed by atoms with van der Waals surface area (Å²) in [7, 11) is 0. The molecule has 1 rings (SSSR count). The molecule has 1 unspecified atom stereocenters. The van der Waals surface area contributed by atoms with Crippen LogP contribution in [-0.4, -0.2) is 17.7 Å². The molecule has 0 amide bonds. The van der Waals surface area contributed by atoms with Crippen LogP contribution >= 0.6 is 0 Å². The van der Waals surface area contributed by atoms with Crippen LogP contribution in [0.3, 0.4) is 0 Å². The smallest absolute Gasteiger partial charge is 0.307 e. The number of hydrogen-bond donors (Lipinski definition) is 1. The van der Waals surface area contributed by atoms with Gasteiger partial charge in [-0.1, -0.05) is 57.4 Å². The first kappa shape index (κ1) is 16.7. The maximum atomic E-state index is 10.8. The largest absolute Gasteiger partial charge is 0.481 e. The summed E-state index contributed by atoms with van der Waals surface area (Å²) in [6.45, 7) is 5.67. The molecule has 0 heterocycles. The van der Waals surface area contributed by atoms with Gasteiger partial charge in [0.15, 0.2) is 0 Å². The summed E-state index contributed by atoms with van der Waals surface area (Å²) in [5.41, 5.74) is 1.84. The minimum Gasteiger partial charge on any atom is -0.481 e. The van der Waals surface area contributed by atoms with E-state index in [1.165, 1.54) is 19.3 Å². The van der Waals surface area contributed by atoms with Gasteiger partial charge >= 0.3 is 5.97 Å². The molecule has 20 heavy (non-hydrogen) atoms. The van der Waals surface area contributed by atoms with Crippen molar-refractivity contribution in [1.29, 1.82) is 0 Å². The molecule has 3 nitrogen and oxygen atoms in total. The summed E-state index contributed by atoms with van der Waals surface area (Å²) in [6, 6.07) is 7.61. The van der Waals surface area contributed by atoms with E-state index >= 15 is 0 Å². The molecule has 0 spiro atoms. The Morgan fingerprint density at radius 1 is 1.25 bits per heavy atom. The molecule has 0 fully saturated rings. The molecule has 1 aromatic rings. The fraction of sp³-hybridized carbons (Fsp3) is 0.588. The molecule has 1 aromatic carbocycles. The van der Waals surface area contributed by atoms with E-state index in [9.17, 15) is 4.79 Å². The summed E-state index contributed by atoms with van der Waals surface area (Å²) < 4.78 is 5.80. The standard InChI is InChI=1S/C17H26O3/c1-3-5-8-14(4-2)12-20-13-16-10-7-6-9-15(16)11-17(18)19/h6-7,9-10,14H,3-5,8,11-13H2,1-2H3,(H,18,19). The number of carboxylic acid groups (broad SMARTS) is 1. The van der Waals surface area contributed by atoms with Crippen molar-refractivity contribution in [2.75, 3.05) is 6.61 Å². The lowest BCUT2D eigenvalue weighted by Gasteiger charge is -2.15. The molecule has 3 heteroatoms. The normalized spacial score (nSPS) is 12.3. The Bertz CT molecular complexity index is 401. The molecule has 0 radical (unpaired) electrons. The van der Waals surface area contributed by atoms with Crippen LogP contribution in [0.2, 0.25) is 0 Å². The first-order valence-corrected chi connectivity index (χ1v) is 7.53. The van der Waals surface area contributed by atoms with Gasteiger partial charge in [0, 0.05) is 6.61 Å². The maximum Gasteiger partial charge on any atom is 0.307 e. The highest BCUT2D eigenvalue weighted by molar-refractivity contribution is 5.70. The minimum atomic E-state index is -0.799. The summed E-state index contributed by atoms with van der Waals surface area (Å²) in [4.78, 5) is 10.8. The Labute approximate surface area is 122 Å². The topological polar surface area (TPSA) is 46.5 Å². The highest BCUT2D eigenvalue weighted by atomic mass is 16.5. The number of aliphatic carboxylic acids is 1. The molecule has 1 N–H and O–H groups in total. The molecular weight excluding hydrogens is 252 g/mol. The number of benzene rings is 1. The second-order valence-corrected chi connectivity index (χ2v) is 5.27. The van der Waals surface area contributed by atoms with Gasteiger partial charge in [0.05, 0.1) is 13.0 Å². The second-order valence-electron chi connectivity index (χ2n) is 5.27. The zero-order valence-electron chi connectivity index (χ0n) is 12.6. The molecule has 1 atom stereocenters. The lowest BCUT2D eigenvalue weighted by Crippen LogP contribution is -2.10. The molecular formula is C17H26O3. The summed E-state index contributed by atoms with van der Waals surface area (Å²) >= 11 is 0. The summed E-state index contributed by atoms with van der Waals surface area (Å²) in [5, 5.41) is 8.90. The zero-order valence-corrected chi connectivity index (χ0v) is 12.6. The lowest BCUT2D eigenvalue weighted by atomic mass is 10.0. The molecule has 112 valence electrons. The van der Waals surface area contributed by atoms with Crippen molar-refractivity contribution in [2.45, 2.75) is 52.6 Å². The first-order chi connectivity index (χ1) is 9.67. The van der Waals surface area contributed by atoms with Crippen LogP contribution in [0.1, 0.15) is 50.7 Å². The van der Waals surface area contributed by atoms with Crippen LogP contribution in [0.15, 0.2) is 24.3 Å². The van der Waals surface area contributed by atoms with Crippen molar-refractivity contribution in [3.8, 4) is 0 Å². The van der Waals surface area contributed by atoms with Crippen molar-refractivity contribution < 1.29 is 14.6 Å². The van der Waals surface area contributed by atoms with Gasteiger partial charge < -0.3 is 9.84 Å². The third kappa shape index (κ3) is 6.20.